The van der Waals surface area contributed by atoms with Gasteiger partial charge in [0.15, 0.2) is 0 Å². The van der Waals surface area contributed by atoms with Crippen LogP contribution in [0.25, 0.3) is 0 Å². The quantitative estimate of drug-likeness (QED) is 0.600. The highest BCUT2D eigenvalue weighted by Crippen LogP contribution is 2.36. The molecule has 0 spiro atoms. The van der Waals surface area contributed by atoms with E-state index in [0.717, 1.165) is 11.3 Å². The molecule has 1 aromatic carbocycles. The third-order valence-corrected chi connectivity index (χ3v) is 4.13. The van der Waals surface area contributed by atoms with Crippen LogP contribution < -0.4 is 8.85 Å². The zero-order chi connectivity index (χ0) is 16.4. The Morgan fingerprint density at radius 1 is 0.952 bits per heavy atom. The smallest absolute Gasteiger partial charge is 0.337 e. The number of hydrogen-bond acceptors (Lipinski definition) is 4. The highest BCUT2D eigenvalue weighted by atomic mass is 28.4. The van der Waals surface area contributed by atoms with Gasteiger partial charge in [-0.05, 0) is 63.9 Å². The van der Waals surface area contributed by atoms with E-state index in [1.54, 1.807) is 12.1 Å². The van der Waals surface area contributed by atoms with Crippen LogP contribution >= 0.6 is 0 Å². The van der Waals surface area contributed by atoms with E-state index in [2.05, 4.69) is 39.3 Å². The molecule has 21 heavy (non-hydrogen) atoms. The number of carbonyl (C=O) groups excluding carboxylic acids is 1. The summed E-state index contributed by atoms with van der Waals surface area (Å²) >= 11 is 0. The number of hydrogen-bond donors (Lipinski definition) is 0. The van der Waals surface area contributed by atoms with E-state index >= 15 is 0 Å². The Hall–Kier alpha value is -1.28. The van der Waals surface area contributed by atoms with Crippen molar-refractivity contribution < 1.29 is 18.4 Å². The molecule has 0 aliphatic rings. The molecule has 0 atom stereocenters. The van der Waals surface area contributed by atoms with Crippen LogP contribution in [0, 0.1) is 6.92 Å². The van der Waals surface area contributed by atoms with Crippen molar-refractivity contribution in [2.24, 2.45) is 0 Å². The van der Waals surface area contributed by atoms with E-state index in [4.69, 9.17) is 13.6 Å². The zero-order valence-electron chi connectivity index (χ0n) is 14.3. The van der Waals surface area contributed by atoms with Gasteiger partial charge in [-0.15, -0.1) is 0 Å². The van der Waals surface area contributed by atoms with E-state index < -0.39 is 16.6 Å². The molecule has 0 amide bonds. The summed E-state index contributed by atoms with van der Waals surface area (Å²) in [6, 6.07) is 3.52. The monoisotopic (exact) mass is 326 g/mol. The molecule has 0 N–H and O–H groups in total. The first kappa shape index (κ1) is 17.8. The van der Waals surface area contributed by atoms with Gasteiger partial charge in [0.2, 0.25) is 16.6 Å². The molecular formula is C15H26O4Si2. The van der Waals surface area contributed by atoms with Gasteiger partial charge in [-0.2, -0.15) is 0 Å². The van der Waals surface area contributed by atoms with Crippen molar-refractivity contribution in [3.8, 4) is 11.5 Å². The second-order valence-corrected chi connectivity index (χ2v) is 15.9. The van der Waals surface area contributed by atoms with Gasteiger partial charge in [-0.1, -0.05) is 0 Å². The predicted octanol–water partition coefficient (Wildman–Crippen LogP) is 4.21. The minimum absolute atomic E-state index is 0.363. The summed E-state index contributed by atoms with van der Waals surface area (Å²) in [6.45, 7) is 14.6. The molecule has 6 heteroatoms. The Kier molecular flexibility index (Phi) is 5.27. The molecule has 0 saturated heterocycles. The predicted molar refractivity (Wildman–Crippen MR) is 90.5 cm³/mol. The van der Waals surface area contributed by atoms with Gasteiger partial charge in [-0.3, -0.25) is 0 Å². The summed E-state index contributed by atoms with van der Waals surface area (Å²) in [5.74, 6) is 1.04. The third kappa shape index (κ3) is 5.55. The van der Waals surface area contributed by atoms with Gasteiger partial charge in [0, 0.05) is 0 Å². The topological polar surface area (TPSA) is 44.8 Å². The molecule has 0 radical (unpaired) electrons. The lowest BCUT2D eigenvalue weighted by atomic mass is 10.1. The first-order valence-corrected chi connectivity index (χ1v) is 13.9. The van der Waals surface area contributed by atoms with Crippen molar-refractivity contribution in [1.82, 2.24) is 0 Å². The highest BCUT2D eigenvalue weighted by molar-refractivity contribution is 6.71. The molecule has 0 aromatic heterocycles. The second kappa shape index (κ2) is 6.23. The molecule has 0 heterocycles. The van der Waals surface area contributed by atoms with Gasteiger partial charge in [0.25, 0.3) is 0 Å². The van der Waals surface area contributed by atoms with Crippen molar-refractivity contribution >= 4 is 22.6 Å². The lowest BCUT2D eigenvalue weighted by Crippen LogP contribution is -2.33. The molecule has 0 unspecified atom stereocenters. The van der Waals surface area contributed by atoms with Crippen LogP contribution in [0.3, 0.4) is 0 Å². The minimum atomic E-state index is -1.81. The van der Waals surface area contributed by atoms with E-state index in [1.807, 2.05) is 6.92 Å². The van der Waals surface area contributed by atoms with Crippen LogP contribution in [0.1, 0.15) is 15.9 Å². The van der Waals surface area contributed by atoms with E-state index in [-0.39, 0.29) is 5.97 Å². The number of esters is 1. The maximum absolute atomic E-state index is 11.8. The van der Waals surface area contributed by atoms with Crippen molar-refractivity contribution in [1.29, 1.82) is 0 Å². The second-order valence-electron chi connectivity index (χ2n) is 7.04. The Labute approximate surface area is 129 Å². The van der Waals surface area contributed by atoms with E-state index in [9.17, 15) is 4.79 Å². The number of rotatable bonds is 5. The molecular weight excluding hydrogens is 300 g/mol. The Bertz CT molecular complexity index is 528. The van der Waals surface area contributed by atoms with Gasteiger partial charge in [0.1, 0.15) is 11.5 Å². The molecule has 0 bridgehead atoms. The number of aryl methyl sites for hydroxylation is 1. The number of benzene rings is 1. The van der Waals surface area contributed by atoms with Gasteiger partial charge in [0.05, 0.1) is 12.7 Å². The molecule has 0 aliphatic carbocycles. The summed E-state index contributed by atoms with van der Waals surface area (Å²) in [5, 5.41) is 0. The van der Waals surface area contributed by atoms with Crippen LogP contribution in [0.5, 0.6) is 11.5 Å². The van der Waals surface area contributed by atoms with Crippen molar-refractivity contribution in [2.75, 3.05) is 7.11 Å². The van der Waals surface area contributed by atoms with Gasteiger partial charge < -0.3 is 13.6 Å². The van der Waals surface area contributed by atoms with Crippen molar-refractivity contribution in [3.05, 3.63) is 23.3 Å². The Morgan fingerprint density at radius 3 is 1.90 bits per heavy atom. The van der Waals surface area contributed by atoms with Crippen LogP contribution in [0.15, 0.2) is 12.1 Å². The zero-order valence-corrected chi connectivity index (χ0v) is 16.3. The molecule has 1 rings (SSSR count). The summed E-state index contributed by atoms with van der Waals surface area (Å²) in [4.78, 5) is 11.8. The fourth-order valence-corrected chi connectivity index (χ4v) is 3.51. The largest absolute Gasteiger partial charge is 0.542 e. The SMILES string of the molecule is COC(=O)c1cc(C)c(O[Si](C)(C)C)c(O[Si](C)(C)C)c1. The molecule has 0 fully saturated rings. The molecule has 0 aliphatic heterocycles. The number of ether oxygens (including phenoxy) is 1. The summed E-state index contributed by atoms with van der Waals surface area (Å²) < 4.78 is 17.1. The molecule has 118 valence electrons. The highest BCUT2D eigenvalue weighted by Gasteiger charge is 2.25. The first-order chi connectivity index (χ1) is 9.43. The standard InChI is InChI=1S/C15H26O4Si2/c1-11-9-12(15(16)17-2)10-13(18-20(3,4)5)14(11)19-21(6,7)8/h9-10H,1-8H3. The first-order valence-electron chi connectivity index (χ1n) is 7.04. The maximum Gasteiger partial charge on any atom is 0.337 e. The Morgan fingerprint density at radius 2 is 1.48 bits per heavy atom. The van der Waals surface area contributed by atoms with Crippen LogP contribution in [0.4, 0.5) is 0 Å². The molecule has 1 aromatic rings. The molecule has 0 saturated carbocycles. The van der Waals surface area contributed by atoms with Crippen molar-refractivity contribution in [3.63, 3.8) is 0 Å². The average molecular weight is 327 g/mol. The van der Waals surface area contributed by atoms with Crippen LogP contribution in [-0.2, 0) is 4.74 Å². The number of methoxy groups -OCH3 is 1. The van der Waals surface area contributed by atoms with Crippen LogP contribution in [-0.4, -0.2) is 29.7 Å². The lowest BCUT2D eigenvalue weighted by molar-refractivity contribution is 0.0600. The molecule has 4 nitrogen and oxygen atoms in total. The summed E-state index contributed by atoms with van der Waals surface area (Å²) in [7, 11) is -2.20. The fraction of sp³-hybridized carbons (Fsp3) is 0.533. The maximum atomic E-state index is 11.8. The van der Waals surface area contributed by atoms with Gasteiger partial charge in [-0.25, -0.2) is 4.79 Å². The Balaban J connectivity index is 3.37. The van der Waals surface area contributed by atoms with E-state index in [1.165, 1.54) is 7.11 Å². The third-order valence-electron chi connectivity index (χ3n) is 2.49. The number of carbonyl (C=O) groups is 1. The summed E-state index contributed by atoms with van der Waals surface area (Å²) in [6.07, 6.45) is 0. The lowest BCUT2D eigenvalue weighted by Gasteiger charge is -2.27. The minimum Gasteiger partial charge on any atom is -0.542 e. The summed E-state index contributed by atoms with van der Waals surface area (Å²) in [5.41, 5.74) is 1.39. The average Bonchev–Trinajstić information content (AvgIpc) is 2.29. The van der Waals surface area contributed by atoms with Crippen molar-refractivity contribution in [2.45, 2.75) is 46.2 Å². The van der Waals surface area contributed by atoms with Crippen LogP contribution in [0.2, 0.25) is 39.3 Å². The van der Waals surface area contributed by atoms with Gasteiger partial charge >= 0.3 is 5.97 Å². The van der Waals surface area contributed by atoms with E-state index in [0.29, 0.717) is 11.3 Å². The normalized spacial score (nSPS) is 12.0. The fourth-order valence-electron chi connectivity index (χ4n) is 1.82.